The van der Waals surface area contributed by atoms with E-state index in [2.05, 4.69) is 31.1 Å². The lowest BCUT2D eigenvalue weighted by Gasteiger charge is -2.24. The molecule has 0 amide bonds. The first-order valence-electron chi connectivity index (χ1n) is 9.80. The van der Waals surface area contributed by atoms with Crippen molar-refractivity contribution in [2.45, 2.75) is 103 Å². The minimum Gasteiger partial charge on any atom is -0.264 e. The summed E-state index contributed by atoms with van der Waals surface area (Å²) < 4.78 is 0. The van der Waals surface area contributed by atoms with Crippen molar-refractivity contribution >= 4 is 0 Å². The second-order valence-electron chi connectivity index (χ2n) is 7.17. The van der Waals surface area contributed by atoms with Gasteiger partial charge in [0.05, 0.1) is 0 Å². The fourth-order valence-electron chi connectivity index (χ4n) is 4.15. The number of pyridine rings is 1. The highest BCUT2D eigenvalue weighted by Crippen LogP contribution is 2.37. The number of nitrogens with zero attached hydrogens (tertiary/aromatic N) is 1. The molecule has 0 aliphatic heterocycles. The molecule has 1 heterocycles. The number of hydrogen-bond donors (Lipinski definition) is 0. The van der Waals surface area contributed by atoms with Gasteiger partial charge < -0.3 is 0 Å². The van der Waals surface area contributed by atoms with Gasteiger partial charge in [0.2, 0.25) is 0 Å². The van der Waals surface area contributed by atoms with Crippen LogP contribution in [0, 0.1) is 0 Å². The summed E-state index contributed by atoms with van der Waals surface area (Å²) in [6, 6.07) is 2.34. The molecule has 0 saturated carbocycles. The molecule has 2 atom stereocenters. The average molecular weight is 302 g/mol. The van der Waals surface area contributed by atoms with Gasteiger partial charge in [-0.05, 0) is 54.7 Å². The van der Waals surface area contributed by atoms with Crippen molar-refractivity contribution in [3.63, 3.8) is 0 Å². The third-order valence-corrected chi connectivity index (χ3v) is 5.42. The molecule has 0 N–H and O–H groups in total. The van der Waals surface area contributed by atoms with Crippen LogP contribution in [0.4, 0.5) is 0 Å². The molecule has 22 heavy (non-hydrogen) atoms. The molecule has 0 aromatic carbocycles. The predicted octanol–water partition coefficient (Wildman–Crippen LogP) is 6.98. The Morgan fingerprint density at radius 1 is 0.864 bits per heavy atom. The highest BCUT2D eigenvalue weighted by atomic mass is 14.6. The van der Waals surface area contributed by atoms with Crippen LogP contribution in [0.25, 0.3) is 0 Å². The van der Waals surface area contributed by atoms with E-state index in [1.54, 1.807) is 11.1 Å². The molecular weight excluding hydrogens is 266 g/mol. The third kappa shape index (κ3) is 5.11. The molecule has 1 aliphatic rings. The number of unbranched alkanes of at least 4 members (excludes halogenated alkanes) is 1. The molecule has 0 saturated heterocycles. The predicted molar refractivity (Wildman–Crippen MR) is 96.5 cm³/mol. The van der Waals surface area contributed by atoms with Crippen LogP contribution in [0.1, 0.15) is 114 Å². The van der Waals surface area contributed by atoms with Crippen molar-refractivity contribution in [2.75, 3.05) is 0 Å². The van der Waals surface area contributed by atoms with Crippen LogP contribution in [0.2, 0.25) is 0 Å². The maximum absolute atomic E-state index is 4.50. The zero-order valence-corrected chi connectivity index (χ0v) is 14.8. The number of fused-ring (bicyclic) bond motifs is 1. The van der Waals surface area contributed by atoms with Gasteiger partial charge in [-0.1, -0.05) is 65.2 Å². The Balaban J connectivity index is 2.27. The molecule has 1 aliphatic carbocycles. The van der Waals surface area contributed by atoms with E-state index >= 15 is 0 Å². The van der Waals surface area contributed by atoms with Gasteiger partial charge in [-0.25, -0.2) is 0 Å². The van der Waals surface area contributed by atoms with Gasteiger partial charge in [-0.3, -0.25) is 4.98 Å². The van der Waals surface area contributed by atoms with E-state index in [0.717, 1.165) is 11.8 Å². The summed E-state index contributed by atoms with van der Waals surface area (Å²) in [4.78, 5) is 4.50. The van der Waals surface area contributed by atoms with Crippen molar-refractivity contribution in [3.8, 4) is 0 Å². The minimum absolute atomic E-state index is 0.751. The number of rotatable bonds is 5. The molecular formula is C21H35N. The minimum atomic E-state index is 0.751. The van der Waals surface area contributed by atoms with Crippen molar-refractivity contribution in [3.05, 3.63) is 29.6 Å². The Labute approximate surface area is 137 Å². The van der Waals surface area contributed by atoms with E-state index in [1.165, 1.54) is 77.0 Å². The largest absolute Gasteiger partial charge is 0.264 e. The summed E-state index contributed by atoms with van der Waals surface area (Å²) in [6.07, 6.45) is 20.8. The van der Waals surface area contributed by atoms with Crippen LogP contribution >= 0.6 is 0 Å². The highest BCUT2D eigenvalue weighted by molar-refractivity contribution is 5.30. The normalized spacial score (nSPS) is 23.5. The lowest BCUT2D eigenvalue weighted by atomic mass is 9.81. The topological polar surface area (TPSA) is 12.9 Å². The zero-order chi connectivity index (χ0) is 15.6. The molecule has 0 spiro atoms. The molecule has 1 aromatic heterocycles. The van der Waals surface area contributed by atoms with E-state index in [4.69, 9.17) is 0 Å². The second-order valence-corrected chi connectivity index (χ2v) is 7.17. The van der Waals surface area contributed by atoms with Crippen molar-refractivity contribution < 1.29 is 0 Å². The Hall–Kier alpha value is -0.850. The van der Waals surface area contributed by atoms with E-state index < -0.39 is 0 Å². The summed E-state index contributed by atoms with van der Waals surface area (Å²) in [5, 5.41) is 0. The average Bonchev–Trinajstić information content (AvgIpc) is 2.58. The Morgan fingerprint density at radius 3 is 2.23 bits per heavy atom. The van der Waals surface area contributed by atoms with E-state index in [-0.39, 0.29) is 0 Å². The quantitative estimate of drug-likeness (QED) is 0.571. The second kappa shape index (κ2) is 10.0. The fourth-order valence-corrected chi connectivity index (χ4v) is 4.15. The van der Waals surface area contributed by atoms with E-state index in [1.807, 2.05) is 6.20 Å². The van der Waals surface area contributed by atoms with Gasteiger partial charge in [-0.15, -0.1) is 0 Å². The van der Waals surface area contributed by atoms with Gasteiger partial charge in [0.15, 0.2) is 0 Å². The summed E-state index contributed by atoms with van der Waals surface area (Å²) >= 11 is 0. The van der Waals surface area contributed by atoms with Gasteiger partial charge >= 0.3 is 0 Å². The molecule has 1 heteroatoms. The zero-order valence-electron chi connectivity index (χ0n) is 14.8. The SMILES string of the molecule is CCCCC1CCCCCCCC(CCC)c2ccncc21. The van der Waals surface area contributed by atoms with Gasteiger partial charge in [0.1, 0.15) is 0 Å². The highest BCUT2D eigenvalue weighted by Gasteiger charge is 2.21. The molecule has 2 rings (SSSR count). The van der Waals surface area contributed by atoms with Crippen LogP contribution in [0.3, 0.4) is 0 Å². The summed E-state index contributed by atoms with van der Waals surface area (Å²) in [5.41, 5.74) is 3.23. The summed E-state index contributed by atoms with van der Waals surface area (Å²) in [7, 11) is 0. The Morgan fingerprint density at radius 2 is 1.55 bits per heavy atom. The van der Waals surface area contributed by atoms with Gasteiger partial charge in [0, 0.05) is 12.4 Å². The summed E-state index contributed by atoms with van der Waals surface area (Å²) in [5.74, 6) is 1.52. The monoisotopic (exact) mass is 301 g/mol. The maximum Gasteiger partial charge on any atom is 0.0305 e. The van der Waals surface area contributed by atoms with Crippen LogP contribution in [-0.2, 0) is 0 Å². The molecule has 2 unspecified atom stereocenters. The summed E-state index contributed by atoms with van der Waals surface area (Å²) in [6.45, 7) is 4.65. The Bertz CT molecular complexity index is 412. The number of aromatic nitrogens is 1. The van der Waals surface area contributed by atoms with Crippen LogP contribution < -0.4 is 0 Å². The van der Waals surface area contributed by atoms with Gasteiger partial charge in [-0.2, -0.15) is 0 Å². The van der Waals surface area contributed by atoms with E-state index in [0.29, 0.717) is 0 Å². The van der Waals surface area contributed by atoms with Gasteiger partial charge in [0.25, 0.3) is 0 Å². The van der Waals surface area contributed by atoms with Crippen molar-refractivity contribution in [1.82, 2.24) is 4.98 Å². The van der Waals surface area contributed by atoms with Crippen LogP contribution in [0.15, 0.2) is 18.5 Å². The van der Waals surface area contributed by atoms with Crippen LogP contribution in [-0.4, -0.2) is 4.98 Å². The first-order valence-corrected chi connectivity index (χ1v) is 9.80. The third-order valence-electron chi connectivity index (χ3n) is 5.42. The van der Waals surface area contributed by atoms with Crippen molar-refractivity contribution in [2.24, 2.45) is 0 Å². The number of hydrogen-bond acceptors (Lipinski definition) is 1. The van der Waals surface area contributed by atoms with Crippen molar-refractivity contribution in [1.29, 1.82) is 0 Å². The maximum atomic E-state index is 4.50. The molecule has 1 nitrogen and oxygen atoms in total. The molecule has 0 fully saturated rings. The first-order chi connectivity index (χ1) is 10.9. The molecule has 1 aromatic rings. The molecule has 124 valence electrons. The van der Waals surface area contributed by atoms with Crippen LogP contribution in [0.5, 0.6) is 0 Å². The smallest absolute Gasteiger partial charge is 0.0305 e. The fraction of sp³-hybridized carbons (Fsp3) is 0.762. The lowest BCUT2D eigenvalue weighted by Crippen LogP contribution is -2.08. The Kier molecular flexibility index (Phi) is 7.98. The standard InChI is InChI=1S/C21H35N/c1-3-5-12-19-14-10-8-6-7-9-13-18(11-4-2)20-15-16-22-17-21(19)20/h15-19H,3-14H2,1-2H3. The molecule has 0 radical (unpaired) electrons. The lowest BCUT2D eigenvalue weighted by molar-refractivity contribution is 0.504. The molecule has 0 bridgehead atoms. The van der Waals surface area contributed by atoms with E-state index in [9.17, 15) is 0 Å². The first kappa shape index (κ1) is 17.5.